The number of hydrogen-bond donors (Lipinski definition) is 2. The molecule has 0 aromatic heterocycles. The lowest BCUT2D eigenvalue weighted by Crippen LogP contribution is -2.19. The topological polar surface area (TPSA) is 67.4 Å². The van der Waals surface area contributed by atoms with Gasteiger partial charge in [-0.3, -0.25) is 9.59 Å². The molecule has 1 atom stereocenters. The van der Waals surface area contributed by atoms with Gasteiger partial charge >= 0.3 is 0 Å². The Morgan fingerprint density at radius 3 is 2.27 bits per heavy atom. The van der Waals surface area contributed by atoms with Gasteiger partial charge in [0.15, 0.2) is 0 Å². The third-order valence-electron chi connectivity index (χ3n) is 5.42. The number of anilines is 2. The molecule has 4 aromatic carbocycles. The summed E-state index contributed by atoms with van der Waals surface area (Å²) in [7, 11) is 0. The Bertz CT molecular complexity index is 1330. The molecule has 0 fully saturated rings. The smallest absolute Gasteiger partial charge is 0.242 e. The minimum absolute atomic E-state index is 0.127. The second-order valence-corrected chi connectivity index (χ2v) is 9.85. The molecule has 0 aliphatic carbocycles. The summed E-state index contributed by atoms with van der Waals surface area (Å²) in [6, 6.07) is 31.7. The van der Waals surface area contributed by atoms with Crippen LogP contribution < -0.4 is 15.4 Å². The molecule has 0 saturated heterocycles. The molecule has 2 N–H and O–H groups in total. The van der Waals surface area contributed by atoms with Gasteiger partial charge in [-0.15, -0.1) is 11.8 Å². The van der Waals surface area contributed by atoms with Crippen LogP contribution in [-0.4, -0.2) is 18.4 Å². The predicted molar refractivity (Wildman–Crippen MR) is 152 cm³/mol. The van der Waals surface area contributed by atoms with E-state index in [-0.39, 0.29) is 18.2 Å². The molecular weight excluding hydrogens is 504 g/mol. The van der Waals surface area contributed by atoms with Gasteiger partial charge in [-0.1, -0.05) is 60.1 Å². The van der Waals surface area contributed by atoms with Crippen LogP contribution in [0.1, 0.15) is 23.3 Å². The molecule has 0 bridgehead atoms. The number of thioether (sulfide) groups is 1. The van der Waals surface area contributed by atoms with E-state index < -0.39 is 5.25 Å². The van der Waals surface area contributed by atoms with Crippen LogP contribution in [0.15, 0.2) is 108 Å². The molecular formula is C30H27ClN2O3S. The van der Waals surface area contributed by atoms with Gasteiger partial charge in [0.1, 0.15) is 11.0 Å². The molecule has 1 unspecified atom stereocenters. The molecule has 7 heteroatoms. The second-order valence-electron chi connectivity index (χ2n) is 8.23. The third kappa shape index (κ3) is 7.87. The number of ether oxygens (including phenoxy) is 1. The molecule has 4 aromatic rings. The van der Waals surface area contributed by atoms with E-state index in [0.29, 0.717) is 23.0 Å². The number of carbonyl (C=O) groups is 2. The van der Waals surface area contributed by atoms with Crippen molar-refractivity contribution in [2.45, 2.75) is 23.5 Å². The fourth-order valence-corrected chi connectivity index (χ4v) is 4.90. The number of hydrogen-bond acceptors (Lipinski definition) is 4. The van der Waals surface area contributed by atoms with Gasteiger partial charge in [-0.2, -0.15) is 0 Å². The van der Waals surface area contributed by atoms with Crippen molar-refractivity contribution >= 4 is 46.6 Å². The molecule has 0 aliphatic heterocycles. The standard InChI is InChI=1S/C30H27ClN2O3S/c1-2-36-26-17-15-24(16-18-26)33-30(35)29(22-7-4-3-5-8-22)37-27-10-6-9-25(20-27)32-28(34)19-21-11-13-23(31)14-12-21/h3-18,20,29H,2,19H2,1H3,(H,32,34)(H,33,35). The zero-order chi connectivity index (χ0) is 26.0. The maximum absolute atomic E-state index is 13.4. The highest BCUT2D eigenvalue weighted by molar-refractivity contribution is 8.00. The highest BCUT2D eigenvalue weighted by atomic mass is 35.5. The van der Waals surface area contributed by atoms with Crippen LogP contribution in [0.5, 0.6) is 5.75 Å². The summed E-state index contributed by atoms with van der Waals surface area (Å²) in [5.74, 6) is 0.485. The van der Waals surface area contributed by atoms with Crippen molar-refractivity contribution in [3.8, 4) is 5.75 Å². The second kappa shape index (κ2) is 13.0. The Labute approximate surface area is 226 Å². The lowest BCUT2D eigenvalue weighted by molar-refractivity contribution is -0.116. The van der Waals surface area contributed by atoms with Crippen molar-refractivity contribution in [2.24, 2.45) is 0 Å². The van der Waals surface area contributed by atoms with Crippen molar-refractivity contribution in [3.63, 3.8) is 0 Å². The summed E-state index contributed by atoms with van der Waals surface area (Å²) in [5, 5.41) is 6.10. The maximum atomic E-state index is 13.4. The van der Waals surface area contributed by atoms with Crippen molar-refractivity contribution in [1.82, 2.24) is 0 Å². The first kappa shape index (κ1) is 26.3. The van der Waals surface area contributed by atoms with E-state index >= 15 is 0 Å². The zero-order valence-electron chi connectivity index (χ0n) is 20.3. The first-order chi connectivity index (χ1) is 18.0. The SMILES string of the molecule is CCOc1ccc(NC(=O)C(Sc2cccc(NC(=O)Cc3ccc(Cl)cc3)c2)c2ccccc2)cc1. The van der Waals surface area contributed by atoms with Crippen LogP contribution >= 0.6 is 23.4 Å². The molecule has 0 saturated carbocycles. The van der Waals surface area contributed by atoms with Gasteiger partial charge in [-0.05, 0) is 72.6 Å². The number of amides is 2. The summed E-state index contributed by atoms with van der Waals surface area (Å²) in [4.78, 5) is 26.8. The van der Waals surface area contributed by atoms with E-state index in [4.69, 9.17) is 16.3 Å². The number of rotatable bonds is 10. The molecule has 5 nitrogen and oxygen atoms in total. The average molecular weight is 531 g/mol. The first-order valence-electron chi connectivity index (χ1n) is 11.9. The molecule has 37 heavy (non-hydrogen) atoms. The number of halogens is 1. The van der Waals surface area contributed by atoms with E-state index in [9.17, 15) is 9.59 Å². The van der Waals surface area contributed by atoms with Gasteiger partial charge < -0.3 is 15.4 Å². The molecule has 2 amide bonds. The number of carbonyl (C=O) groups excluding carboxylic acids is 2. The Balaban J connectivity index is 1.47. The summed E-state index contributed by atoms with van der Waals surface area (Å²) >= 11 is 7.35. The van der Waals surface area contributed by atoms with E-state index in [2.05, 4.69) is 10.6 Å². The predicted octanol–water partition coefficient (Wildman–Crippen LogP) is 7.39. The third-order valence-corrected chi connectivity index (χ3v) is 6.92. The van der Waals surface area contributed by atoms with Crippen molar-refractivity contribution in [3.05, 3.63) is 119 Å². The highest BCUT2D eigenvalue weighted by Crippen LogP contribution is 2.37. The number of nitrogens with one attached hydrogen (secondary N) is 2. The van der Waals surface area contributed by atoms with Gasteiger partial charge in [0.05, 0.1) is 13.0 Å². The molecule has 0 radical (unpaired) electrons. The largest absolute Gasteiger partial charge is 0.494 e. The van der Waals surface area contributed by atoms with Crippen molar-refractivity contribution in [2.75, 3.05) is 17.2 Å². The Hall–Kier alpha value is -3.74. The van der Waals surface area contributed by atoms with Gasteiger partial charge in [0.25, 0.3) is 0 Å². The maximum Gasteiger partial charge on any atom is 0.242 e. The van der Waals surface area contributed by atoms with E-state index in [0.717, 1.165) is 21.8 Å². The van der Waals surface area contributed by atoms with Gasteiger partial charge in [-0.25, -0.2) is 0 Å². The van der Waals surface area contributed by atoms with Crippen LogP contribution in [0, 0.1) is 0 Å². The monoisotopic (exact) mass is 530 g/mol. The molecule has 0 spiro atoms. The minimum atomic E-state index is -0.493. The Morgan fingerprint density at radius 2 is 1.57 bits per heavy atom. The Morgan fingerprint density at radius 1 is 0.838 bits per heavy atom. The van der Waals surface area contributed by atoms with Crippen molar-refractivity contribution in [1.29, 1.82) is 0 Å². The van der Waals surface area contributed by atoms with E-state index in [1.807, 2.05) is 97.9 Å². The molecule has 0 heterocycles. The fourth-order valence-electron chi connectivity index (χ4n) is 3.69. The van der Waals surface area contributed by atoms with Crippen LogP contribution in [0.4, 0.5) is 11.4 Å². The van der Waals surface area contributed by atoms with Crippen molar-refractivity contribution < 1.29 is 14.3 Å². The molecule has 0 aliphatic rings. The number of benzene rings is 4. The van der Waals surface area contributed by atoms with E-state index in [1.54, 1.807) is 12.1 Å². The van der Waals surface area contributed by atoms with Gasteiger partial charge in [0.2, 0.25) is 11.8 Å². The van der Waals surface area contributed by atoms with Crippen LogP contribution in [-0.2, 0) is 16.0 Å². The van der Waals surface area contributed by atoms with Crippen LogP contribution in [0.2, 0.25) is 5.02 Å². The zero-order valence-corrected chi connectivity index (χ0v) is 21.9. The average Bonchev–Trinajstić information content (AvgIpc) is 2.90. The Kier molecular flexibility index (Phi) is 9.24. The van der Waals surface area contributed by atoms with Crippen LogP contribution in [0.3, 0.4) is 0 Å². The first-order valence-corrected chi connectivity index (χ1v) is 13.2. The molecule has 188 valence electrons. The van der Waals surface area contributed by atoms with Crippen LogP contribution in [0.25, 0.3) is 0 Å². The summed E-state index contributed by atoms with van der Waals surface area (Å²) < 4.78 is 5.49. The summed E-state index contributed by atoms with van der Waals surface area (Å²) in [5.41, 5.74) is 3.12. The van der Waals surface area contributed by atoms with Gasteiger partial charge in [0, 0.05) is 21.3 Å². The normalized spacial score (nSPS) is 11.4. The van der Waals surface area contributed by atoms with E-state index in [1.165, 1.54) is 11.8 Å². The quantitative estimate of drug-likeness (QED) is 0.210. The molecule has 4 rings (SSSR count). The minimum Gasteiger partial charge on any atom is -0.494 e. The summed E-state index contributed by atoms with van der Waals surface area (Å²) in [6.45, 7) is 2.51. The lowest BCUT2D eigenvalue weighted by Gasteiger charge is -2.18. The summed E-state index contributed by atoms with van der Waals surface area (Å²) in [6.07, 6.45) is 0.242. The lowest BCUT2D eigenvalue weighted by atomic mass is 10.1. The fraction of sp³-hybridized carbons (Fsp3) is 0.133. The highest BCUT2D eigenvalue weighted by Gasteiger charge is 2.22.